The predicted molar refractivity (Wildman–Crippen MR) is 65.2 cm³/mol. The molecule has 1 fully saturated rings. The molecule has 0 aromatic carbocycles. The van der Waals surface area contributed by atoms with Crippen LogP contribution < -0.4 is 5.32 Å². The molecule has 0 aromatic heterocycles. The van der Waals surface area contributed by atoms with E-state index >= 15 is 0 Å². The molecule has 0 spiro atoms. The molecule has 0 amide bonds. The molecular formula is C13H27NO. The molecule has 0 heterocycles. The molecule has 0 radical (unpaired) electrons. The van der Waals surface area contributed by atoms with E-state index in [4.69, 9.17) is 4.74 Å². The second-order valence-corrected chi connectivity index (χ2v) is 4.77. The Balaban J connectivity index is 1.84. The topological polar surface area (TPSA) is 21.3 Å². The van der Waals surface area contributed by atoms with Crippen LogP contribution in [0.25, 0.3) is 0 Å². The van der Waals surface area contributed by atoms with Gasteiger partial charge in [-0.1, -0.05) is 26.2 Å². The third-order valence-electron chi connectivity index (χ3n) is 3.19. The van der Waals surface area contributed by atoms with E-state index in [9.17, 15) is 0 Å². The van der Waals surface area contributed by atoms with E-state index in [1.165, 1.54) is 38.5 Å². The van der Waals surface area contributed by atoms with Crippen molar-refractivity contribution in [2.75, 3.05) is 13.2 Å². The van der Waals surface area contributed by atoms with Gasteiger partial charge in [-0.25, -0.2) is 0 Å². The minimum Gasteiger partial charge on any atom is -0.378 e. The van der Waals surface area contributed by atoms with Crippen LogP contribution in [0.4, 0.5) is 0 Å². The van der Waals surface area contributed by atoms with Crippen molar-refractivity contribution in [1.82, 2.24) is 5.32 Å². The molecule has 2 heteroatoms. The number of ether oxygens (including phenoxy) is 1. The van der Waals surface area contributed by atoms with Crippen LogP contribution in [-0.4, -0.2) is 25.3 Å². The molecule has 0 aliphatic heterocycles. The van der Waals surface area contributed by atoms with Crippen LogP contribution in [-0.2, 0) is 4.74 Å². The Kier molecular flexibility index (Phi) is 7.03. The monoisotopic (exact) mass is 213 g/mol. The maximum atomic E-state index is 5.80. The summed E-state index contributed by atoms with van der Waals surface area (Å²) in [6.07, 6.45) is 9.62. The summed E-state index contributed by atoms with van der Waals surface area (Å²) in [6.45, 7) is 6.55. The molecule has 1 rings (SSSR count). The summed E-state index contributed by atoms with van der Waals surface area (Å²) < 4.78 is 5.80. The molecule has 1 unspecified atom stereocenters. The molecule has 1 saturated carbocycles. The Bertz CT molecular complexity index is 143. The van der Waals surface area contributed by atoms with Crippen LogP contribution in [0.15, 0.2) is 0 Å². The van der Waals surface area contributed by atoms with E-state index in [1.807, 2.05) is 0 Å². The average molecular weight is 213 g/mol. The van der Waals surface area contributed by atoms with Gasteiger partial charge in [0.2, 0.25) is 0 Å². The first-order chi connectivity index (χ1) is 7.33. The SMILES string of the molecule is CCCC(C)NCCCOC1CCCC1. The fourth-order valence-electron chi connectivity index (χ4n) is 2.26. The first-order valence-corrected chi connectivity index (χ1v) is 6.68. The zero-order valence-electron chi connectivity index (χ0n) is 10.4. The lowest BCUT2D eigenvalue weighted by Gasteiger charge is -2.14. The van der Waals surface area contributed by atoms with Crippen molar-refractivity contribution in [3.05, 3.63) is 0 Å². The normalized spacial score (nSPS) is 19.6. The lowest BCUT2D eigenvalue weighted by Crippen LogP contribution is -2.27. The van der Waals surface area contributed by atoms with Crippen LogP contribution in [0, 0.1) is 0 Å². The van der Waals surface area contributed by atoms with E-state index in [-0.39, 0.29) is 0 Å². The Morgan fingerprint density at radius 3 is 2.73 bits per heavy atom. The highest BCUT2D eigenvalue weighted by Crippen LogP contribution is 2.20. The third-order valence-corrected chi connectivity index (χ3v) is 3.19. The highest BCUT2D eigenvalue weighted by Gasteiger charge is 2.14. The van der Waals surface area contributed by atoms with Crippen LogP contribution >= 0.6 is 0 Å². The number of hydrogen-bond acceptors (Lipinski definition) is 2. The van der Waals surface area contributed by atoms with Gasteiger partial charge in [0.15, 0.2) is 0 Å². The van der Waals surface area contributed by atoms with Gasteiger partial charge in [-0.3, -0.25) is 0 Å². The maximum absolute atomic E-state index is 5.80. The van der Waals surface area contributed by atoms with Crippen LogP contribution in [0.2, 0.25) is 0 Å². The second-order valence-electron chi connectivity index (χ2n) is 4.77. The zero-order chi connectivity index (χ0) is 10.9. The molecule has 90 valence electrons. The number of rotatable bonds is 8. The molecule has 15 heavy (non-hydrogen) atoms. The van der Waals surface area contributed by atoms with Crippen molar-refractivity contribution in [3.63, 3.8) is 0 Å². The first-order valence-electron chi connectivity index (χ1n) is 6.68. The van der Waals surface area contributed by atoms with Gasteiger partial charge in [-0.2, -0.15) is 0 Å². The fourth-order valence-corrected chi connectivity index (χ4v) is 2.26. The number of nitrogens with one attached hydrogen (secondary N) is 1. The largest absolute Gasteiger partial charge is 0.378 e. The summed E-state index contributed by atoms with van der Waals surface area (Å²) in [6, 6.07) is 0.668. The van der Waals surface area contributed by atoms with Gasteiger partial charge >= 0.3 is 0 Å². The van der Waals surface area contributed by atoms with Crippen molar-refractivity contribution in [2.45, 2.75) is 70.9 Å². The van der Waals surface area contributed by atoms with Crippen LogP contribution in [0.5, 0.6) is 0 Å². The maximum Gasteiger partial charge on any atom is 0.0575 e. The smallest absolute Gasteiger partial charge is 0.0575 e. The van der Waals surface area contributed by atoms with E-state index in [0.717, 1.165) is 19.6 Å². The Labute approximate surface area is 94.8 Å². The van der Waals surface area contributed by atoms with Crippen molar-refractivity contribution in [1.29, 1.82) is 0 Å². The molecule has 0 aromatic rings. The van der Waals surface area contributed by atoms with Gasteiger partial charge in [0, 0.05) is 12.6 Å². The van der Waals surface area contributed by atoms with Gasteiger partial charge in [-0.15, -0.1) is 0 Å². The quantitative estimate of drug-likeness (QED) is 0.626. The molecule has 2 nitrogen and oxygen atoms in total. The summed E-state index contributed by atoms with van der Waals surface area (Å²) in [4.78, 5) is 0. The van der Waals surface area contributed by atoms with Gasteiger partial charge in [0.25, 0.3) is 0 Å². The molecule has 0 bridgehead atoms. The zero-order valence-corrected chi connectivity index (χ0v) is 10.4. The minimum absolute atomic E-state index is 0.582. The van der Waals surface area contributed by atoms with Gasteiger partial charge < -0.3 is 10.1 Å². The summed E-state index contributed by atoms with van der Waals surface area (Å²) in [5.41, 5.74) is 0. The lowest BCUT2D eigenvalue weighted by molar-refractivity contribution is 0.0566. The minimum atomic E-state index is 0.582. The van der Waals surface area contributed by atoms with Gasteiger partial charge in [-0.05, 0) is 39.2 Å². The summed E-state index contributed by atoms with van der Waals surface area (Å²) in [5.74, 6) is 0. The van der Waals surface area contributed by atoms with E-state index in [2.05, 4.69) is 19.2 Å². The standard InChI is InChI=1S/C13H27NO/c1-3-7-12(2)14-10-6-11-15-13-8-4-5-9-13/h12-14H,3-11H2,1-2H3. The third kappa shape index (κ3) is 6.16. The lowest BCUT2D eigenvalue weighted by atomic mass is 10.2. The Morgan fingerprint density at radius 1 is 1.33 bits per heavy atom. The van der Waals surface area contributed by atoms with E-state index in [0.29, 0.717) is 12.1 Å². The number of hydrogen-bond donors (Lipinski definition) is 1. The van der Waals surface area contributed by atoms with Crippen molar-refractivity contribution >= 4 is 0 Å². The molecule has 1 aliphatic carbocycles. The molecular weight excluding hydrogens is 186 g/mol. The van der Waals surface area contributed by atoms with Crippen LogP contribution in [0.3, 0.4) is 0 Å². The highest BCUT2D eigenvalue weighted by molar-refractivity contribution is 4.66. The molecule has 1 atom stereocenters. The summed E-state index contributed by atoms with van der Waals surface area (Å²) in [5, 5.41) is 3.53. The first kappa shape index (κ1) is 13.0. The summed E-state index contributed by atoms with van der Waals surface area (Å²) in [7, 11) is 0. The van der Waals surface area contributed by atoms with Crippen molar-refractivity contribution < 1.29 is 4.74 Å². The van der Waals surface area contributed by atoms with E-state index in [1.54, 1.807) is 0 Å². The van der Waals surface area contributed by atoms with Crippen LogP contribution in [0.1, 0.15) is 58.8 Å². The van der Waals surface area contributed by atoms with Gasteiger partial charge in [0.1, 0.15) is 0 Å². The van der Waals surface area contributed by atoms with Crippen molar-refractivity contribution in [3.8, 4) is 0 Å². The predicted octanol–water partition coefficient (Wildman–Crippen LogP) is 3.11. The Morgan fingerprint density at radius 2 is 2.07 bits per heavy atom. The molecule has 1 N–H and O–H groups in total. The van der Waals surface area contributed by atoms with E-state index < -0.39 is 0 Å². The molecule has 1 aliphatic rings. The van der Waals surface area contributed by atoms with Gasteiger partial charge in [0.05, 0.1) is 6.10 Å². The molecule has 0 saturated heterocycles. The average Bonchev–Trinajstić information content (AvgIpc) is 2.70. The Hall–Kier alpha value is -0.0800. The highest BCUT2D eigenvalue weighted by atomic mass is 16.5. The second kappa shape index (κ2) is 8.12. The van der Waals surface area contributed by atoms with Crippen molar-refractivity contribution in [2.24, 2.45) is 0 Å². The summed E-state index contributed by atoms with van der Waals surface area (Å²) >= 11 is 0. The fraction of sp³-hybridized carbons (Fsp3) is 1.00.